The van der Waals surface area contributed by atoms with E-state index in [1.54, 1.807) is 7.11 Å². The lowest BCUT2D eigenvalue weighted by atomic mass is 10.2. The summed E-state index contributed by atoms with van der Waals surface area (Å²) in [5, 5.41) is 3.25. The summed E-state index contributed by atoms with van der Waals surface area (Å²) in [4.78, 5) is 0. The van der Waals surface area contributed by atoms with Crippen molar-refractivity contribution in [3.05, 3.63) is 36.4 Å². The lowest BCUT2D eigenvalue weighted by molar-refractivity contribution is 0.294. The monoisotopic (exact) mass is 235 g/mol. The minimum absolute atomic E-state index is 0.713. The van der Waals surface area contributed by atoms with E-state index in [0.717, 1.165) is 31.0 Å². The van der Waals surface area contributed by atoms with Crippen molar-refractivity contribution >= 4 is 0 Å². The molecule has 94 valence electrons. The summed E-state index contributed by atoms with van der Waals surface area (Å²) in [6, 6.07) is 6.00. The van der Waals surface area contributed by atoms with Crippen LogP contribution in [-0.2, 0) is 6.54 Å². The van der Waals surface area contributed by atoms with Gasteiger partial charge in [0.15, 0.2) is 11.5 Å². The quantitative estimate of drug-likeness (QED) is 0.555. The van der Waals surface area contributed by atoms with E-state index >= 15 is 0 Å². The molecule has 0 aliphatic rings. The van der Waals surface area contributed by atoms with Gasteiger partial charge >= 0.3 is 0 Å². The van der Waals surface area contributed by atoms with E-state index in [1.807, 2.05) is 24.3 Å². The zero-order valence-corrected chi connectivity index (χ0v) is 10.7. The third-order valence-corrected chi connectivity index (χ3v) is 2.31. The number of hydrogen-bond donors (Lipinski definition) is 1. The number of methoxy groups -OCH3 is 1. The SMILES string of the molecule is C=CCNCc1ccc(OCCC)c(OC)c1. The Morgan fingerprint density at radius 1 is 1.35 bits per heavy atom. The minimum atomic E-state index is 0.713. The molecule has 0 amide bonds. The van der Waals surface area contributed by atoms with Crippen LogP contribution in [0.25, 0.3) is 0 Å². The molecular formula is C14H21NO2. The Kier molecular flexibility index (Phi) is 6.18. The van der Waals surface area contributed by atoms with Crippen LogP contribution in [0.1, 0.15) is 18.9 Å². The highest BCUT2D eigenvalue weighted by molar-refractivity contribution is 5.42. The highest BCUT2D eigenvalue weighted by Gasteiger charge is 2.05. The van der Waals surface area contributed by atoms with Gasteiger partial charge in [0.05, 0.1) is 13.7 Å². The first kappa shape index (κ1) is 13.6. The van der Waals surface area contributed by atoms with Crippen LogP contribution in [0, 0.1) is 0 Å². The molecule has 0 spiro atoms. The predicted octanol–water partition coefficient (Wildman–Crippen LogP) is 2.76. The van der Waals surface area contributed by atoms with Crippen LogP contribution < -0.4 is 14.8 Å². The first-order valence-corrected chi connectivity index (χ1v) is 5.93. The van der Waals surface area contributed by atoms with Crippen molar-refractivity contribution in [1.82, 2.24) is 5.32 Å². The van der Waals surface area contributed by atoms with E-state index in [4.69, 9.17) is 9.47 Å². The zero-order valence-electron chi connectivity index (χ0n) is 10.7. The Morgan fingerprint density at radius 3 is 2.82 bits per heavy atom. The van der Waals surface area contributed by atoms with E-state index < -0.39 is 0 Å². The molecule has 0 saturated heterocycles. The summed E-state index contributed by atoms with van der Waals surface area (Å²) in [5.41, 5.74) is 1.17. The van der Waals surface area contributed by atoms with E-state index in [0.29, 0.717) is 6.61 Å². The molecule has 0 unspecified atom stereocenters. The maximum atomic E-state index is 5.60. The van der Waals surface area contributed by atoms with Crippen LogP contribution in [-0.4, -0.2) is 20.3 Å². The van der Waals surface area contributed by atoms with Crippen LogP contribution in [0.3, 0.4) is 0 Å². The van der Waals surface area contributed by atoms with Crippen LogP contribution >= 0.6 is 0 Å². The Hall–Kier alpha value is -1.48. The Balaban J connectivity index is 2.66. The van der Waals surface area contributed by atoms with Crippen molar-refractivity contribution < 1.29 is 9.47 Å². The largest absolute Gasteiger partial charge is 0.493 e. The van der Waals surface area contributed by atoms with Gasteiger partial charge in [-0.3, -0.25) is 0 Å². The second-order valence-corrected chi connectivity index (χ2v) is 3.75. The molecule has 1 N–H and O–H groups in total. The minimum Gasteiger partial charge on any atom is -0.493 e. The van der Waals surface area contributed by atoms with E-state index in [9.17, 15) is 0 Å². The Morgan fingerprint density at radius 2 is 2.18 bits per heavy atom. The molecule has 0 atom stereocenters. The molecule has 0 heterocycles. The molecule has 1 rings (SSSR count). The maximum absolute atomic E-state index is 5.60. The smallest absolute Gasteiger partial charge is 0.161 e. The van der Waals surface area contributed by atoms with Gasteiger partial charge in [0.2, 0.25) is 0 Å². The summed E-state index contributed by atoms with van der Waals surface area (Å²) in [5.74, 6) is 1.60. The van der Waals surface area contributed by atoms with E-state index in [1.165, 1.54) is 5.56 Å². The van der Waals surface area contributed by atoms with E-state index in [2.05, 4.69) is 18.8 Å². The van der Waals surface area contributed by atoms with Gasteiger partial charge in [-0.25, -0.2) is 0 Å². The highest BCUT2D eigenvalue weighted by atomic mass is 16.5. The van der Waals surface area contributed by atoms with Gasteiger partial charge in [-0.2, -0.15) is 0 Å². The van der Waals surface area contributed by atoms with Crippen molar-refractivity contribution in [3.63, 3.8) is 0 Å². The molecule has 0 fully saturated rings. The van der Waals surface area contributed by atoms with Gasteiger partial charge in [0, 0.05) is 13.1 Å². The molecule has 1 aromatic carbocycles. The number of ether oxygens (including phenoxy) is 2. The van der Waals surface area contributed by atoms with Gasteiger partial charge in [-0.05, 0) is 24.1 Å². The predicted molar refractivity (Wildman–Crippen MR) is 70.7 cm³/mol. The molecule has 3 nitrogen and oxygen atoms in total. The molecule has 0 aliphatic heterocycles. The first-order chi connectivity index (χ1) is 8.31. The van der Waals surface area contributed by atoms with Gasteiger partial charge in [-0.15, -0.1) is 6.58 Å². The average Bonchev–Trinajstić information content (AvgIpc) is 2.37. The molecule has 17 heavy (non-hydrogen) atoms. The number of nitrogens with one attached hydrogen (secondary N) is 1. The van der Waals surface area contributed by atoms with Crippen LogP contribution in [0.15, 0.2) is 30.9 Å². The zero-order chi connectivity index (χ0) is 12.5. The fourth-order valence-corrected chi connectivity index (χ4v) is 1.47. The van der Waals surface area contributed by atoms with Crippen molar-refractivity contribution in [2.45, 2.75) is 19.9 Å². The van der Waals surface area contributed by atoms with Crippen LogP contribution in [0.4, 0.5) is 0 Å². The van der Waals surface area contributed by atoms with Crippen molar-refractivity contribution in [1.29, 1.82) is 0 Å². The fraction of sp³-hybridized carbons (Fsp3) is 0.429. The lowest BCUT2D eigenvalue weighted by Crippen LogP contribution is -2.12. The molecule has 0 aromatic heterocycles. The molecule has 1 aromatic rings. The van der Waals surface area contributed by atoms with Gasteiger partial charge in [0.1, 0.15) is 0 Å². The fourth-order valence-electron chi connectivity index (χ4n) is 1.47. The summed E-state index contributed by atoms with van der Waals surface area (Å²) < 4.78 is 10.9. The van der Waals surface area contributed by atoms with E-state index in [-0.39, 0.29) is 0 Å². The standard InChI is InChI=1S/C14H21NO2/c1-4-8-15-11-12-6-7-13(17-9-5-2)14(10-12)16-3/h4,6-7,10,15H,1,5,8-9,11H2,2-3H3. The van der Waals surface area contributed by atoms with Gasteiger partial charge in [-0.1, -0.05) is 19.1 Å². The summed E-state index contributed by atoms with van der Waals surface area (Å²) in [7, 11) is 1.66. The Labute approximate surface area is 103 Å². The highest BCUT2D eigenvalue weighted by Crippen LogP contribution is 2.28. The van der Waals surface area contributed by atoms with Gasteiger partial charge in [0.25, 0.3) is 0 Å². The molecule has 3 heteroatoms. The molecule has 0 aliphatic carbocycles. The summed E-state index contributed by atoms with van der Waals surface area (Å²) >= 11 is 0. The third kappa shape index (κ3) is 4.49. The average molecular weight is 235 g/mol. The third-order valence-electron chi connectivity index (χ3n) is 2.31. The van der Waals surface area contributed by atoms with Crippen LogP contribution in [0.5, 0.6) is 11.5 Å². The Bertz CT molecular complexity index is 350. The molecule has 0 saturated carbocycles. The normalized spacial score (nSPS) is 10.0. The summed E-state index contributed by atoms with van der Waals surface area (Å²) in [6.45, 7) is 8.07. The first-order valence-electron chi connectivity index (χ1n) is 5.93. The molecular weight excluding hydrogens is 214 g/mol. The number of benzene rings is 1. The topological polar surface area (TPSA) is 30.5 Å². The lowest BCUT2D eigenvalue weighted by Gasteiger charge is -2.11. The second kappa shape index (κ2) is 7.74. The molecule has 0 bridgehead atoms. The number of hydrogen-bond acceptors (Lipinski definition) is 3. The maximum Gasteiger partial charge on any atom is 0.161 e. The second-order valence-electron chi connectivity index (χ2n) is 3.75. The van der Waals surface area contributed by atoms with Gasteiger partial charge < -0.3 is 14.8 Å². The van der Waals surface area contributed by atoms with Crippen molar-refractivity contribution in [2.75, 3.05) is 20.3 Å². The van der Waals surface area contributed by atoms with Crippen molar-refractivity contribution in [2.24, 2.45) is 0 Å². The summed E-state index contributed by atoms with van der Waals surface area (Å²) in [6.07, 6.45) is 2.84. The number of rotatable bonds is 8. The van der Waals surface area contributed by atoms with Crippen LogP contribution in [0.2, 0.25) is 0 Å². The molecule has 0 radical (unpaired) electrons. The van der Waals surface area contributed by atoms with Crippen molar-refractivity contribution in [3.8, 4) is 11.5 Å².